The van der Waals surface area contributed by atoms with Gasteiger partial charge in [0.1, 0.15) is 12.7 Å². The molecule has 2 aromatic rings. The minimum Gasteiger partial charge on any atom is -0.368 e. The van der Waals surface area contributed by atoms with Gasteiger partial charge in [0, 0.05) is 13.1 Å². The number of nitrogens with two attached hydrogens (primary N) is 1. The van der Waals surface area contributed by atoms with Gasteiger partial charge in [0.2, 0.25) is 11.9 Å². The van der Waals surface area contributed by atoms with Crippen LogP contribution in [0.1, 0.15) is 19.8 Å². The van der Waals surface area contributed by atoms with Gasteiger partial charge in [-0.25, -0.2) is 4.98 Å². The highest BCUT2D eigenvalue weighted by Crippen LogP contribution is 2.23. The Morgan fingerprint density at radius 3 is 2.84 bits per heavy atom. The molecule has 1 atom stereocenters. The van der Waals surface area contributed by atoms with E-state index in [-0.39, 0.29) is 5.95 Å². The van der Waals surface area contributed by atoms with Crippen molar-refractivity contribution in [2.75, 3.05) is 23.7 Å². The van der Waals surface area contributed by atoms with E-state index in [0.717, 1.165) is 13.1 Å². The van der Waals surface area contributed by atoms with Crippen LogP contribution in [0.5, 0.6) is 0 Å². The number of rotatable bonds is 3. The summed E-state index contributed by atoms with van der Waals surface area (Å²) in [6, 6.07) is 0. The van der Waals surface area contributed by atoms with Crippen LogP contribution in [0.2, 0.25) is 0 Å². The molecule has 8 nitrogen and oxygen atoms in total. The molecule has 1 fully saturated rings. The number of anilines is 2. The van der Waals surface area contributed by atoms with Gasteiger partial charge in [0.15, 0.2) is 0 Å². The lowest BCUT2D eigenvalue weighted by molar-refractivity contribution is 0.568. The third-order valence-electron chi connectivity index (χ3n) is 3.40. The topological polar surface area (TPSA) is 98.6 Å². The van der Waals surface area contributed by atoms with E-state index < -0.39 is 0 Å². The molecule has 1 unspecified atom stereocenters. The molecular weight excluding hydrogens is 244 g/mol. The van der Waals surface area contributed by atoms with Crippen LogP contribution in [-0.4, -0.2) is 42.8 Å². The monoisotopic (exact) mass is 260 g/mol. The van der Waals surface area contributed by atoms with Crippen LogP contribution in [0.4, 0.5) is 11.9 Å². The standard InChI is InChI=1S/C11H16N8/c1-2-8-3-4-18(5-8)10-15-9(12)16-11(17-10)19-7-13-6-14-19/h6-8H,2-5H2,1H3,(H2,12,15,16,17). The summed E-state index contributed by atoms with van der Waals surface area (Å²) in [6.07, 6.45) is 5.31. The van der Waals surface area contributed by atoms with Gasteiger partial charge in [-0.1, -0.05) is 13.3 Å². The Labute approximate surface area is 110 Å². The summed E-state index contributed by atoms with van der Waals surface area (Å²) in [5, 5.41) is 4.01. The van der Waals surface area contributed by atoms with Gasteiger partial charge >= 0.3 is 0 Å². The van der Waals surface area contributed by atoms with Crippen LogP contribution in [0.25, 0.3) is 5.95 Å². The Kier molecular flexibility index (Phi) is 2.98. The smallest absolute Gasteiger partial charge is 0.258 e. The molecule has 1 saturated heterocycles. The fourth-order valence-corrected chi connectivity index (χ4v) is 2.27. The SMILES string of the molecule is CCC1CCN(c2nc(N)nc(-n3cncn3)n2)C1. The molecule has 100 valence electrons. The molecule has 0 amide bonds. The lowest BCUT2D eigenvalue weighted by atomic mass is 10.1. The van der Waals surface area contributed by atoms with Gasteiger partial charge in [-0.15, -0.1) is 0 Å². The molecule has 2 N–H and O–H groups in total. The van der Waals surface area contributed by atoms with Gasteiger partial charge in [0.25, 0.3) is 5.95 Å². The van der Waals surface area contributed by atoms with Crippen molar-refractivity contribution < 1.29 is 0 Å². The molecular formula is C11H16N8. The number of nitrogen functional groups attached to an aromatic ring is 1. The fraction of sp³-hybridized carbons (Fsp3) is 0.545. The third-order valence-corrected chi connectivity index (χ3v) is 3.40. The number of hydrogen-bond acceptors (Lipinski definition) is 7. The summed E-state index contributed by atoms with van der Waals surface area (Å²) in [7, 11) is 0. The molecule has 8 heteroatoms. The van der Waals surface area contributed by atoms with E-state index >= 15 is 0 Å². The second kappa shape index (κ2) is 4.79. The number of aromatic nitrogens is 6. The first kappa shape index (κ1) is 11.8. The fourth-order valence-electron chi connectivity index (χ4n) is 2.27. The number of nitrogens with zero attached hydrogens (tertiary/aromatic N) is 7. The maximum absolute atomic E-state index is 5.75. The lowest BCUT2D eigenvalue weighted by Crippen LogP contribution is -2.23. The van der Waals surface area contributed by atoms with E-state index in [4.69, 9.17) is 5.73 Å². The zero-order chi connectivity index (χ0) is 13.2. The Balaban J connectivity index is 1.90. The van der Waals surface area contributed by atoms with E-state index in [1.807, 2.05) is 0 Å². The first-order valence-corrected chi connectivity index (χ1v) is 6.37. The van der Waals surface area contributed by atoms with Gasteiger partial charge in [-0.3, -0.25) is 0 Å². The Bertz CT molecular complexity index is 552. The molecule has 19 heavy (non-hydrogen) atoms. The Morgan fingerprint density at radius 1 is 1.32 bits per heavy atom. The molecule has 0 aliphatic carbocycles. The maximum Gasteiger partial charge on any atom is 0.258 e. The molecule has 0 spiro atoms. The van der Waals surface area contributed by atoms with Gasteiger partial charge in [-0.2, -0.15) is 24.7 Å². The quantitative estimate of drug-likeness (QED) is 0.845. The minimum atomic E-state index is 0.204. The van der Waals surface area contributed by atoms with Crippen molar-refractivity contribution in [1.82, 2.24) is 29.7 Å². The van der Waals surface area contributed by atoms with Crippen LogP contribution < -0.4 is 10.6 Å². The van der Waals surface area contributed by atoms with Crippen molar-refractivity contribution in [1.29, 1.82) is 0 Å². The largest absolute Gasteiger partial charge is 0.368 e. The molecule has 0 aromatic carbocycles. The highest BCUT2D eigenvalue weighted by atomic mass is 15.4. The summed E-state index contributed by atoms with van der Waals surface area (Å²) >= 11 is 0. The molecule has 3 rings (SSSR count). The number of hydrogen-bond donors (Lipinski definition) is 1. The first-order chi connectivity index (χ1) is 9.26. The zero-order valence-electron chi connectivity index (χ0n) is 10.8. The zero-order valence-corrected chi connectivity index (χ0v) is 10.8. The van der Waals surface area contributed by atoms with Crippen LogP contribution in [-0.2, 0) is 0 Å². The summed E-state index contributed by atoms with van der Waals surface area (Å²) < 4.78 is 1.48. The molecule has 3 heterocycles. The van der Waals surface area contributed by atoms with E-state index in [0.29, 0.717) is 17.8 Å². The third kappa shape index (κ3) is 2.33. The summed E-state index contributed by atoms with van der Waals surface area (Å²) in [5.74, 6) is 1.93. The molecule has 1 aliphatic heterocycles. The average molecular weight is 260 g/mol. The van der Waals surface area contributed by atoms with Gasteiger partial charge in [0.05, 0.1) is 0 Å². The Hall–Kier alpha value is -2.25. The molecule has 0 bridgehead atoms. The summed E-state index contributed by atoms with van der Waals surface area (Å²) in [4.78, 5) is 18.7. The first-order valence-electron chi connectivity index (χ1n) is 6.37. The predicted octanol–water partition coefficient (Wildman–Crippen LogP) is 0.271. The molecule has 0 saturated carbocycles. The van der Waals surface area contributed by atoms with E-state index in [2.05, 4.69) is 36.9 Å². The van der Waals surface area contributed by atoms with Crippen LogP contribution in [0, 0.1) is 5.92 Å². The lowest BCUT2D eigenvalue weighted by Gasteiger charge is -2.16. The van der Waals surface area contributed by atoms with Crippen molar-refractivity contribution >= 4 is 11.9 Å². The maximum atomic E-state index is 5.75. The van der Waals surface area contributed by atoms with Crippen molar-refractivity contribution in [2.24, 2.45) is 5.92 Å². The van der Waals surface area contributed by atoms with E-state index in [9.17, 15) is 0 Å². The predicted molar refractivity (Wildman–Crippen MR) is 69.8 cm³/mol. The van der Waals surface area contributed by atoms with Crippen molar-refractivity contribution in [2.45, 2.75) is 19.8 Å². The van der Waals surface area contributed by atoms with Crippen LogP contribution >= 0.6 is 0 Å². The second-order valence-corrected chi connectivity index (χ2v) is 4.64. The Morgan fingerprint density at radius 2 is 2.16 bits per heavy atom. The van der Waals surface area contributed by atoms with Crippen molar-refractivity contribution in [3.63, 3.8) is 0 Å². The second-order valence-electron chi connectivity index (χ2n) is 4.64. The highest BCUT2D eigenvalue weighted by molar-refractivity contribution is 5.38. The van der Waals surface area contributed by atoms with Crippen molar-refractivity contribution in [3.8, 4) is 5.95 Å². The van der Waals surface area contributed by atoms with Crippen LogP contribution in [0.15, 0.2) is 12.7 Å². The minimum absolute atomic E-state index is 0.204. The van der Waals surface area contributed by atoms with Gasteiger partial charge < -0.3 is 10.6 Å². The highest BCUT2D eigenvalue weighted by Gasteiger charge is 2.24. The van der Waals surface area contributed by atoms with Gasteiger partial charge in [-0.05, 0) is 12.3 Å². The van der Waals surface area contributed by atoms with Crippen molar-refractivity contribution in [3.05, 3.63) is 12.7 Å². The molecule has 2 aromatic heterocycles. The van der Waals surface area contributed by atoms with Crippen LogP contribution in [0.3, 0.4) is 0 Å². The molecule has 1 aliphatic rings. The molecule has 0 radical (unpaired) electrons. The summed E-state index contributed by atoms with van der Waals surface area (Å²) in [6.45, 7) is 4.13. The van der Waals surface area contributed by atoms with E-state index in [1.165, 1.54) is 30.2 Å². The average Bonchev–Trinajstić information content (AvgIpc) is 3.09. The summed E-state index contributed by atoms with van der Waals surface area (Å²) in [5.41, 5.74) is 5.75. The van der Waals surface area contributed by atoms with E-state index in [1.54, 1.807) is 0 Å². The normalized spacial score (nSPS) is 19.0.